The third-order valence-corrected chi connectivity index (χ3v) is 9.43. The number of nitriles is 1. The number of rotatable bonds is 5. The maximum absolute atomic E-state index is 13.4. The van der Waals surface area contributed by atoms with Crippen molar-refractivity contribution in [2.45, 2.75) is 48.4 Å². The van der Waals surface area contributed by atoms with Gasteiger partial charge >= 0.3 is 0 Å². The number of hydrogen-bond donors (Lipinski definition) is 1. The number of piperidine rings is 1. The molecule has 2 N–H and O–H groups in total. The zero-order valence-corrected chi connectivity index (χ0v) is 23.4. The number of ether oxygens (including phenoxy) is 1. The predicted octanol–water partition coefficient (Wildman–Crippen LogP) is 3.64. The molecule has 1 spiro atoms. The lowest BCUT2D eigenvalue weighted by Gasteiger charge is -2.41. The van der Waals surface area contributed by atoms with Gasteiger partial charge in [-0.1, -0.05) is 23.4 Å². The first-order valence-electron chi connectivity index (χ1n) is 13.0. The molecule has 2 atom stereocenters. The van der Waals surface area contributed by atoms with Gasteiger partial charge in [-0.15, -0.1) is 0 Å². The number of pyridine rings is 1. The number of halogens is 1. The number of fused-ring (bicyclic) bond motifs is 1. The van der Waals surface area contributed by atoms with Crippen molar-refractivity contribution in [2.24, 2.45) is 11.1 Å². The minimum atomic E-state index is -0.265. The quantitative estimate of drug-likeness (QED) is 0.376. The van der Waals surface area contributed by atoms with E-state index < -0.39 is 0 Å². The van der Waals surface area contributed by atoms with Gasteiger partial charge in [0.25, 0.3) is 5.56 Å². The average Bonchev–Trinajstić information content (AvgIpc) is 3.25. The second-order valence-corrected chi connectivity index (χ2v) is 11.8. The van der Waals surface area contributed by atoms with Gasteiger partial charge in [0.15, 0.2) is 0 Å². The summed E-state index contributed by atoms with van der Waals surface area (Å²) in [6, 6.07) is 9.10. The molecule has 4 aromatic rings. The van der Waals surface area contributed by atoms with Gasteiger partial charge in [-0.2, -0.15) is 5.26 Å². The molecule has 2 saturated heterocycles. The highest BCUT2D eigenvalue weighted by Gasteiger charge is 2.47. The Bertz CT molecular complexity index is 1660. The van der Waals surface area contributed by atoms with E-state index in [1.54, 1.807) is 36.8 Å². The molecule has 6 rings (SSSR count). The maximum atomic E-state index is 13.4. The zero-order valence-electron chi connectivity index (χ0n) is 21.8. The molecule has 0 amide bonds. The van der Waals surface area contributed by atoms with Crippen molar-refractivity contribution in [3.8, 4) is 6.07 Å². The van der Waals surface area contributed by atoms with Gasteiger partial charge in [0, 0.05) is 35.6 Å². The van der Waals surface area contributed by atoms with Crippen molar-refractivity contribution in [1.82, 2.24) is 24.5 Å². The lowest BCUT2D eigenvalue weighted by molar-refractivity contribution is 0.0974. The van der Waals surface area contributed by atoms with E-state index in [9.17, 15) is 4.79 Å². The Morgan fingerprint density at radius 3 is 2.73 bits per heavy atom. The van der Waals surface area contributed by atoms with Gasteiger partial charge in [-0.3, -0.25) is 9.36 Å². The molecule has 204 valence electrons. The van der Waals surface area contributed by atoms with Gasteiger partial charge in [-0.25, -0.2) is 19.9 Å². The Hall–Kier alpha value is -3.56. The lowest BCUT2D eigenvalue weighted by atomic mass is 9.73. The first-order valence-corrected chi connectivity index (χ1v) is 14.2. The van der Waals surface area contributed by atoms with Crippen molar-refractivity contribution in [3.63, 3.8) is 0 Å². The van der Waals surface area contributed by atoms with E-state index in [1.165, 1.54) is 22.7 Å². The molecule has 10 nitrogen and oxygen atoms in total. The topological polar surface area (TPSA) is 136 Å². The van der Waals surface area contributed by atoms with Crippen LogP contribution in [0.25, 0.3) is 10.9 Å². The molecule has 12 heteroatoms. The second-order valence-electron chi connectivity index (χ2n) is 10.3. The van der Waals surface area contributed by atoms with Crippen LogP contribution in [0.2, 0.25) is 5.02 Å². The molecular weight excluding hydrogens is 548 g/mol. The van der Waals surface area contributed by atoms with Crippen LogP contribution >= 0.6 is 23.4 Å². The summed E-state index contributed by atoms with van der Waals surface area (Å²) in [7, 11) is 0. The van der Waals surface area contributed by atoms with E-state index in [0.717, 1.165) is 43.9 Å². The molecule has 5 heterocycles. The van der Waals surface area contributed by atoms with Crippen molar-refractivity contribution < 1.29 is 4.74 Å². The third-order valence-electron chi connectivity index (χ3n) is 7.95. The molecule has 0 radical (unpaired) electrons. The zero-order chi connectivity index (χ0) is 27.9. The number of aromatic nitrogens is 5. The van der Waals surface area contributed by atoms with E-state index in [0.29, 0.717) is 25.8 Å². The fraction of sp³-hybridized carbons (Fsp3) is 0.357. The van der Waals surface area contributed by atoms with Crippen LogP contribution in [0.1, 0.15) is 31.0 Å². The fourth-order valence-corrected chi connectivity index (χ4v) is 6.62. The SMILES string of the molecule is C[C@@H]1OCC2(CCN(c3cnc(Sc4ccc5ncn(Cc6ccnc(C#N)c6)c(=O)c5c4Cl)cn3)CC2)[C@@H]1N. The van der Waals surface area contributed by atoms with Gasteiger partial charge in [0.05, 0.1) is 53.9 Å². The minimum absolute atomic E-state index is 0.0529. The van der Waals surface area contributed by atoms with Crippen molar-refractivity contribution in [3.05, 3.63) is 75.8 Å². The summed E-state index contributed by atoms with van der Waals surface area (Å²) in [6.07, 6.45) is 8.58. The Kier molecular flexibility index (Phi) is 7.18. The second kappa shape index (κ2) is 10.8. The van der Waals surface area contributed by atoms with Crippen molar-refractivity contribution >= 4 is 40.1 Å². The largest absolute Gasteiger partial charge is 0.376 e. The molecule has 3 aromatic heterocycles. The molecule has 2 aliphatic heterocycles. The number of hydrogen-bond acceptors (Lipinski definition) is 10. The standard InChI is InChI=1S/C28H27ClN8O2S/c1-17-26(31)28(15-39-17)5-8-36(9-6-28)22-12-34-23(13-33-22)40-21-3-2-20-24(25(21)29)27(38)37(16-35-20)14-18-4-7-32-19(10-18)11-30/h2-4,7,10,12-13,16-17,26H,5-6,8-9,14-15,31H2,1H3/t17-,26+/m0/s1. The molecule has 0 aliphatic carbocycles. The summed E-state index contributed by atoms with van der Waals surface area (Å²) in [4.78, 5) is 34.0. The molecule has 40 heavy (non-hydrogen) atoms. The summed E-state index contributed by atoms with van der Waals surface area (Å²) in [6.45, 7) is 4.74. The van der Waals surface area contributed by atoms with Gasteiger partial charge in [-0.05, 0) is 49.6 Å². The highest BCUT2D eigenvalue weighted by Crippen LogP contribution is 2.42. The van der Waals surface area contributed by atoms with Crippen LogP contribution in [-0.2, 0) is 11.3 Å². The van der Waals surface area contributed by atoms with Crippen LogP contribution in [0.5, 0.6) is 0 Å². The van der Waals surface area contributed by atoms with Gasteiger partial charge in [0.1, 0.15) is 22.6 Å². The Morgan fingerprint density at radius 2 is 2.02 bits per heavy atom. The van der Waals surface area contributed by atoms with Gasteiger partial charge < -0.3 is 15.4 Å². The Labute approximate surface area is 240 Å². The van der Waals surface area contributed by atoms with Crippen LogP contribution in [0.4, 0.5) is 5.82 Å². The molecule has 2 aliphatic rings. The monoisotopic (exact) mass is 574 g/mol. The number of anilines is 1. The first kappa shape index (κ1) is 26.7. The Morgan fingerprint density at radius 1 is 1.20 bits per heavy atom. The predicted molar refractivity (Wildman–Crippen MR) is 152 cm³/mol. The molecule has 0 bridgehead atoms. The average molecular weight is 575 g/mol. The van der Waals surface area contributed by atoms with Crippen molar-refractivity contribution in [2.75, 3.05) is 24.6 Å². The number of nitrogens with two attached hydrogens (primary N) is 1. The fourth-order valence-electron chi connectivity index (χ4n) is 5.50. The smallest absolute Gasteiger partial charge is 0.263 e. The molecular formula is C28H27ClN8O2S. The van der Waals surface area contributed by atoms with Crippen LogP contribution in [0.3, 0.4) is 0 Å². The van der Waals surface area contributed by atoms with E-state index in [2.05, 4.69) is 31.8 Å². The molecule has 2 fully saturated rings. The number of benzene rings is 1. The molecule has 1 aromatic carbocycles. The summed E-state index contributed by atoms with van der Waals surface area (Å²) in [5, 5.41) is 10.4. The van der Waals surface area contributed by atoms with Crippen LogP contribution < -0.4 is 16.2 Å². The van der Waals surface area contributed by atoms with E-state index in [-0.39, 0.29) is 35.4 Å². The summed E-state index contributed by atoms with van der Waals surface area (Å²) in [5.41, 5.74) is 7.80. The summed E-state index contributed by atoms with van der Waals surface area (Å²) >= 11 is 8.10. The van der Waals surface area contributed by atoms with Gasteiger partial charge in [0.2, 0.25) is 0 Å². The number of nitrogens with zero attached hydrogens (tertiary/aromatic N) is 7. The highest BCUT2D eigenvalue weighted by atomic mass is 35.5. The highest BCUT2D eigenvalue weighted by molar-refractivity contribution is 7.99. The van der Waals surface area contributed by atoms with Crippen LogP contribution in [0.15, 0.2) is 63.9 Å². The normalized spacial score (nSPS) is 20.2. The first-order chi connectivity index (χ1) is 19.4. The van der Waals surface area contributed by atoms with E-state index >= 15 is 0 Å². The summed E-state index contributed by atoms with van der Waals surface area (Å²) < 4.78 is 7.31. The maximum Gasteiger partial charge on any atom is 0.263 e. The van der Waals surface area contributed by atoms with Crippen LogP contribution in [0, 0.1) is 16.7 Å². The van der Waals surface area contributed by atoms with E-state index in [1.807, 2.05) is 12.1 Å². The van der Waals surface area contributed by atoms with Crippen molar-refractivity contribution in [1.29, 1.82) is 5.26 Å². The summed E-state index contributed by atoms with van der Waals surface area (Å²) in [5.74, 6) is 0.826. The molecule has 0 saturated carbocycles. The van der Waals surface area contributed by atoms with Crippen LogP contribution in [-0.4, -0.2) is 56.3 Å². The molecule has 0 unspecified atom stereocenters. The third kappa shape index (κ3) is 4.92. The lowest BCUT2D eigenvalue weighted by Crippen LogP contribution is -2.50. The minimum Gasteiger partial charge on any atom is -0.376 e. The Balaban J connectivity index is 1.18. The van der Waals surface area contributed by atoms with E-state index in [4.69, 9.17) is 27.3 Å².